The molecular formula is C11H16O2. The van der Waals surface area contributed by atoms with Crippen LogP contribution in [-0.4, -0.2) is 12.6 Å². The molecule has 3 aliphatic rings. The van der Waals surface area contributed by atoms with Crippen molar-refractivity contribution in [3.63, 3.8) is 0 Å². The van der Waals surface area contributed by atoms with Gasteiger partial charge in [-0.25, -0.2) is 0 Å². The summed E-state index contributed by atoms with van der Waals surface area (Å²) in [5, 5.41) is 0. The Balaban J connectivity index is 2.15. The molecule has 0 atom stereocenters. The molecule has 2 heteroatoms. The lowest BCUT2D eigenvalue weighted by Crippen LogP contribution is -2.38. The summed E-state index contributed by atoms with van der Waals surface area (Å²) in [7, 11) is 0. The number of esters is 1. The second-order valence-corrected chi connectivity index (χ2v) is 4.07. The van der Waals surface area contributed by atoms with Crippen LogP contribution in [0.4, 0.5) is 0 Å². The van der Waals surface area contributed by atoms with Crippen LogP contribution < -0.4 is 0 Å². The SMILES string of the molecule is CCOC(=O)C12C=CC(CC1)CC2. The molecule has 0 unspecified atom stereocenters. The fourth-order valence-corrected chi connectivity index (χ4v) is 2.38. The molecule has 0 aromatic rings. The molecular weight excluding hydrogens is 164 g/mol. The maximum atomic E-state index is 11.7. The minimum Gasteiger partial charge on any atom is -0.465 e. The zero-order chi connectivity index (χ0) is 9.31. The van der Waals surface area contributed by atoms with Gasteiger partial charge < -0.3 is 4.74 Å². The van der Waals surface area contributed by atoms with Crippen molar-refractivity contribution in [3.8, 4) is 0 Å². The molecule has 0 aromatic carbocycles. The second-order valence-electron chi connectivity index (χ2n) is 4.07. The lowest BCUT2D eigenvalue weighted by molar-refractivity contribution is -0.155. The van der Waals surface area contributed by atoms with Crippen molar-refractivity contribution in [3.05, 3.63) is 12.2 Å². The van der Waals surface area contributed by atoms with E-state index in [0.29, 0.717) is 6.61 Å². The van der Waals surface area contributed by atoms with Crippen molar-refractivity contribution >= 4 is 5.97 Å². The Labute approximate surface area is 79.0 Å². The van der Waals surface area contributed by atoms with Gasteiger partial charge in [0.1, 0.15) is 0 Å². The summed E-state index contributed by atoms with van der Waals surface area (Å²) < 4.78 is 5.11. The van der Waals surface area contributed by atoms with Crippen LogP contribution in [0.3, 0.4) is 0 Å². The van der Waals surface area contributed by atoms with Gasteiger partial charge in [-0.1, -0.05) is 12.2 Å². The van der Waals surface area contributed by atoms with Crippen LogP contribution >= 0.6 is 0 Å². The average Bonchev–Trinajstić information content (AvgIpc) is 2.21. The molecule has 2 bridgehead atoms. The van der Waals surface area contributed by atoms with Gasteiger partial charge in [-0.15, -0.1) is 0 Å². The Kier molecular flexibility index (Phi) is 2.14. The highest BCUT2D eigenvalue weighted by atomic mass is 16.5. The van der Waals surface area contributed by atoms with E-state index in [1.165, 1.54) is 0 Å². The van der Waals surface area contributed by atoms with E-state index in [9.17, 15) is 4.79 Å². The first-order valence-electron chi connectivity index (χ1n) is 5.13. The van der Waals surface area contributed by atoms with E-state index in [4.69, 9.17) is 4.74 Å². The number of fused-ring (bicyclic) bond motifs is 2. The predicted molar refractivity (Wildman–Crippen MR) is 50.2 cm³/mol. The van der Waals surface area contributed by atoms with E-state index in [1.54, 1.807) is 0 Å². The molecule has 13 heavy (non-hydrogen) atoms. The number of hydrogen-bond donors (Lipinski definition) is 0. The monoisotopic (exact) mass is 180 g/mol. The summed E-state index contributed by atoms with van der Waals surface area (Å²) in [6.07, 6.45) is 8.59. The number of rotatable bonds is 2. The molecule has 0 spiro atoms. The van der Waals surface area contributed by atoms with Crippen molar-refractivity contribution in [1.82, 2.24) is 0 Å². The normalized spacial score (nSPS) is 36.2. The van der Waals surface area contributed by atoms with Gasteiger partial charge in [0, 0.05) is 0 Å². The third kappa shape index (κ3) is 1.38. The Hall–Kier alpha value is -0.790. The molecule has 0 aliphatic heterocycles. The Morgan fingerprint density at radius 1 is 1.54 bits per heavy atom. The molecule has 0 radical (unpaired) electrons. The highest BCUT2D eigenvalue weighted by Crippen LogP contribution is 2.46. The fraction of sp³-hybridized carbons (Fsp3) is 0.727. The number of ether oxygens (including phenoxy) is 1. The van der Waals surface area contributed by atoms with E-state index in [1.807, 2.05) is 6.92 Å². The smallest absolute Gasteiger partial charge is 0.315 e. The Morgan fingerprint density at radius 3 is 2.69 bits per heavy atom. The summed E-state index contributed by atoms with van der Waals surface area (Å²) in [6.45, 7) is 2.37. The van der Waals surface area contributed by atoms with Crippen molar-refractivity contribution in [2.24, 2.45) is 11.3 Å². The van der Waals surface area contributed by atoms with E-state index in [-0.39, 0.29) is 11.4 Å². The molecule has 0 N–H and O–H groups in total. The van der Waals surface area contributed by atoms with Crippen molar-refractivity contribution < 1.29 is 9.53 Å². The van der Waals surface area contributed by atoms with Crippen LogP contribution in [-0.2, 0) is 9.53 Å². The quantitative estimate of drug-likeness (QED) is 0.481. The molecule has 1 saturated carbocycles. The van der Waals surface area contributed by atoms with E-state index < -0.39 is 0 Å². The zero-order valence-corrected chi connectivity index (χ0v) is 8.08. The summed E-state index contributed by atoms with van der Waals surface area (Å²) in [5.74, 6) is 0.723. The third-order valence-corrected chi connectivity index (χ3v) is 3.29. The molecule has 0 aromatic heterocycles. The first-order chi connectivity index (χ1) is 6.27. The largest absolute Gasteiger partial charge is 0.465 e. The topological polar surface area (TPSA) is 26.3 Å². The van der Waals surface area contributed by atoms with E-state index >= 15 is 0 Å². The van der Waals surface area contributed by atoms with E-state index in [0.717, 1.165) is 31.6 Å². The molecule has 1 fully saturated rings. The Bertz CT molecular complexity index is 234. The van der Waals surface area contributed by atoms with Crippen LogP contribution in [0, 0.1) is 11.3 Å². The maximum absolute atomic E-state index is 11.7. The summed E-state index contributed by atoms with van der Waals surface area (Å²) in [6, 6.07) is 0. The lowest BCUT2D eigenvalue weighted by atomic mass is 9.65. The van der Waals surface area contributed by atoms with Crippen LogP contribution in [0.25, 0.3) is 0 Å². The number of carbonyl (C=O) groups is 1. The van der Waals surface area contributed by atoms with Crippen molar-refractivity contribution in [1.29, 1.82) is 0 Å². The first-order valence-corrected chi connectivity index (χ1v) is 5.13. The summed E-state index contributed by atoms with van der Waals surface area (Å²) in [4.78, 5) is 11.7. The minimum atomic E-state index is -0.245. The Morgan fingerprint density at radius 2 is 2.23 bits per heavy atom. The van der Waals surface area contributed by atoms with Gasteiger partial charge in [-0.2, -0.15) is 0 Å². The third-order valence-electron chi connectivity index (χ3n) is 3.29. The number of carbonyl (C=O) groups excluding carboxylic acids is 1. The zero-order valence-electron chi connectivity index (χ0n) is 8.08. The van der Waals surface area contributed by atoms with Crippen LogP contribution in [0.15, 0.2) is 12.2 Å². The molecule has 3 rings (SSSR count). The van der Waals surface area contributed by atoms with Gasteiger partial charge in [0.2, 0.25) is 0 Å². The molecule has 0 heterocycles. The van der Waals surface area contributed by atoms with Gasteiger partial charge in [0.25, 0.3) is 0 Å². The second kappa shape index (κ2) is 3.17. The van der Waals surface area contributed by atoms with Crippen molar-refractivity contribution in [2.45, 2.75) is 32.6 Å². The van der Waals surface area contributed by atoms with Gasteiger partial charge in [-0.05, 0) is 38.5 Å². The molecule has 2 nitrogen and oxygen atoms in total. The molecule has 3 aliphatic carbocycles. The van der Waals surface area contributed by atoms with Gasteiger partial charge in [0.15, 0.2) is 0 Å². The number of hydrogen-bond acceptors (Lipinski definition) is 2. The van der Waals surface area contributed by atoms with Crippen LogP contribution in [0.2, 0.25) is 0 Å². The summed E-state index contributed by atoms with van der Waals surface area (Å²) in [5.41, 5.74) is -0.245. The molecule has 0 saturated heterocycles. The predicted octanol–water partition coefficient (Wildman–Crippen LogP) is 2.30. The number of allylic oxidation sites excluding steroid dienone is 1. The average molecular weight is 180 g/mol. The first kappa shape index (κ1) is 8.79. The summed E-state index contributed by atoms with van der Waals surface area (Å²) >= 11 is 0. The van der Waals surface area contributed by atoms with Gasteiger partial charge >= 0.3 is 5.97 Å². The highest BCUT2D eigenvalue weighted by Gasteiger charge is 2.43. The standard InChI is InChI=1S/C11H16O2/c1-2-13-10(12)11-6-3-9(4-7-11)5-8-11/h3,6,9H,2,4-5,7-8H2,1H3. The van der Waals surface area contributed by atoms with Crippen LogP contribution in [0.5, 0.6) is 0 Å². The van der Waals surface area contributed by atoms with E-state index in [2.05, 4.69) is 12.2 Å². The minimum absolute atomic E-state index is 0.00981. The molecule has 72 valence electrons. The fourth-order valence-electron chi connectivity index (χ4n) is 2.38. The van der Waals surface area contributed by atoms with Crippen molar-refractivity contribution in [2.75, 3.05) is 6.61 Å². The highest BCUT2D eigenvalue weighted by molar-refractivity contribution is 5.79. The molecule has 0 amide bonds. The van der Waals surface area contributed by atoms with Crippen LogP contribution in [0.1, 0.15) is 32.6 Å². The maximum Gasteiger partial charge on any atom is 0.315 e. The van der Waals surface area contributed by atoms with Gasteiger partial charge in [-0.3, -0.25) is 4.79 Å². The lowest BCUT2D eigenvalue weighted by Gasteiger charge is -2.39. The van der Waals surface area contributed by atoms with Gasteiger partial charge in [0.05, 0.1) is 12.0 Å².